The Kier molecular flexibility index (Phi) is 3.68. The average molecular weight is 195 g/mol. The van der Waals surface area contributed by atoms with Crippen LogP contribution in [0.1, 0.15) is 36.5 Å². The standard InChI is InChI=1S/C8H11N3O.C2H6/c1-6-5-7-8(12)9-3-2-4-11(7)10-6;1-2/h5H,2-4H2,1H3,(H,9,12);1-2H3. The minimum atomic E-state index is -0.00639. The lowest BCUT2D eigenvalue weighted by atomic mass is 10.3. The average Bonchev–Trinajstić information content (AvgIpc) is 2.49. The number of aryl methyl sites for hydroxylation is 2. The molecule has 0 radical (unpaired) electrons. The van der Waals surface area contributed by atoms with E-state index in [1.54, 1.807) is 4.68 Å². The summed E-state index contributed by atoms with van der Waals surface area (Å²) in [5.74, 6) is -0.00639. The van der Waals surface area contributed by atoms with Crippen molar-refractivity contribution in [1.29, 1.82) is 0 Å². The summed E-state index contributed by atoms with van der Waals surface area (Å²) in [6, 6.07) is 1.82. The molecule has 0 aromatic carbocycles. The van der Waals surface area contributed by atoms with E-state index >= 15 is 0 Å². The first-order chi connectivity index (χ1) is 6.77. The molecule has 0 fully saturated rings. The van der Waals surface area contributed by atoms with Crippen LogP contribution in [0.4, 0.5) is 0 Å². The second-order valence-electron chi connectivity index (χ2n) is 3.00. The van der Waals surface area contributed by atoms with Crippen molar-refractivity contribution in [3.63, 3.8) is 0 Å². The molecule has 1 amide bonds. The first-order valence-corrected chi connectivity index (χ1v) is 5.10. The Morgan fingerprint density at radius 1 is 1.50 bits per heavy atom. The number of nitrogens with one attached hydrogen (secondary N) is 1. The summed E-state index contributed by atoms with van der Waals surface area (Å²) in [6.07, 6.45) is 0.958. The third-order valence-corrected chi connectivity index (χ3v) is 1.97. The highest BCUT2D eigenvalue weighted by atomic mass is 16.2. The Balaban J connectivity index is 0.000000461. The molecule has 0 saturated heterocycles. The van der Waals surface area contributed by atoms with Crippen LogP contribution in [0.5, 0.6) is 0 Å². The maximum absolute atomic E-state index is 11.3. The Bertz CT molecular complexity index is 317. The van der Waals surface area contributed by atoms with Gasteiger partial charge in [0.05, 0.1) is 5.69 Å². The van der Waals surface area contributed by atoms with Gasteiger partial charge in [0.2, 0.25) is 0 Å². The van der Waals surface area contributed by atoms with Crippen LogP contribution >= 0.6 is 0 Å². The van der Waals surface area contributed by atoms with E-state index in [9.17, 15) is 4.79 Å². The number of fused-ring (bicyclic) bond motifs is 1. The fourth-order valence-corrected chi connectivity index (χ4v) is 1.42. The quantitative estimate of drug-likeness (QED) is 0.679. The fraction of sp³-hybridized carbons (Fsp3) is 0.600. The van der Waals surface area contributed by atoms with Gasteiger partial charge in [-0.15, -0.1) is 0 Å². The number of carbonyl (C=O) groups is 1. The summed E-state index contributed by atoms with van der Waals surface area (Å²) < 4.78 is 1.78. The normalized spacial score (nSPS) is 14.6. The summed E-state index contributed by atoms with van der Waals surface area (Å²) in [7, 11) is 0. The SMILES string of the molecule is CC.Cc1cc2n(n1)CCCNC2=O. The van der Waals surface area contributed by atoms with E-state index in [1.807, 2.05) is 26.8 Å². The predicted octanol–water partition coefficient (Wildman–Crippen LogP) is 1.35. The third-order valence-electron chi connectivity index (χ3n) is 1.97. The smallest absolute Gasteiger partial charge is 0.269 e. The Morgan fingerprint density at radius 3 is 2.93 bits per heavy atom. The monoisotopic (exact) mass is 195 g/mol. The minimum Gasteiger partial charge on any atom is -0.351 e. The van der Waals surface area contributed by atoms with Gasteiger partial charge in [-0.25, -0.2) is 0 Å². The highest BCUT2D eigenvalue weighted by Gasteiger charge is 2.15. The molecule has 0 unspecified atom stereocenters. The molecule has 4 nitrogen and oxygen atoms in total. The third kappa shape index (κ3) is 2.13. The van der Waals surface area contributed by atoms with E-state index in [0.717, 1.165) is 25.2 Å². The molecule has 0 bridgehead atoms. The molecule has 0 saturated carbocycles. The first-order valence-electron chi connectivity index (χ1n) is 5.10. The molecule has 78 valence electrons. The maximum Gasteiger partial charge on any atom is 0.269 e. The molecule has 0 atom stereocenters. The lowest BCUT2D eigenvalue weighted by Gasteiger charge is -1.97. The number of carbonyl (C=O) groups excluding carboxylic acids is 1. The van der Waals surface area contributed by atoms with Gasteiger partial charge < -0.3 is 5.32 Å². The topological polar surface area (TPSA) is 46.9 Å². The molecule has 0 aliphatic carbocycles. The van der Waals surface area contributed by atoms with E-state index in [2.05, 4.69) is 10.4 Å². The Labute approximate surface area is 84.3 Å². The van der Waals surface area contributed by atoms with Crippen LogP contribution < -0.4 is 5.32 Å². The summed E-state index contributed by atoms with van der Waals surface area (Å²) >= 11 is 0. The maximum atomic E-state index is 11.3. The van der Waals surface area contributed by atoms with Crippen molar-refractivity contribution in [2.75, 3.05) is 6.54 Å². The second-order valence-corrected chi connectivity index (χ2v) is 3.00. The molecule has 1 N–H and O–H groups in total. The zero-order valence-electron chi connectivity index (χ0n) is 9.00. The van der Waals surface area contributed by atoms with Gasteiger partial charge >= 0.3 is 0 Å². The molecule has 2 rings (SSSR count). The summed E-state index contributed by atoms with van der Waals surface area (Å²) in [5, 5.41) is 7.03. The largest absolute Gasteiger partial charge is 0.351 e. The van der Waals surface area contributed by atoms with Gasteiger partial charge in [0, 0.05) is 13.1 Å². The number of amides is 1. The molecule has 2 heterocycles. The van der Waals surface area contributed by atoms with Gasteiger partial charge in [0.15, 0.2) is 0 Å². The number of nitrogens with zero attached hydrogens (tertiary/aromatic N) is 2. The number of aromatic nitrogens is 2. The number of hydrogen-bond donors (Lipinski definition) is 1. The van der Waals surface area contributed by atoms with Crippen LogP contribution in [0.15, 0.2) is 6.07 Å². The summed E-state index contributed by atoms with van der Waals surface area (Å²) in [6.45, 7) is 7.48. The van der Waals surface area contributed by atoms with Crippen molar-refractivity contribution in [3.05, 3.63) is 17.5 Å². The molecule has 1 aliphatic rings. The first kappa shape index (κ1) is 10.8. The number of hydrogen-bond acceptors (Lipinski definition) is 2. The van der Waals surface area contributed by atoms with E-state index in [1.165, 1.54) is 0 Å². The molecular weight excluding hydrogens is 178 g/mol. The highest BCUT2D eigenvalue weighted by molar-refractivity contribution is 5.92. The lowest BCUT2D eigenvalue weighted by Crippen LogP contribution is -2.22. The van der Waals surface area contributed by atoms with Gasteiger partial charge in [0.1, 0.15) is 5.69 Å². The van der Waals surface area contributed by atoms with Crippen LogP contribution in [-0.2, 0) is 6.54 Å². The minimum absolute atomic E-state index is 0.00639. The van der Waals surface area contributed by atoms with Crippen molar-refractivity contribution in [1.82, 2.24) is 15.1 Å². The zero-order valence-corrected chi connectivity index (χ0v) is 9.00. The molecule has 1 aromatic heterocycles. The second kappa shape index (κ2) is 4.79. The fourth-order valence-electron chi connectivity index (χ4n) is 1.42. The van der Waals surface area contributed by atoms with Gasteiger partial charge in [-0.1, -0.05) is 13.8 Å². The predicted molar refractivity (Wildman–Crippen MR) is 55.3 cm³/mol. The number of rotatable bonds is 0. The van der Waals surface area contributed by atoms with Crippen molar-refractivity contribution < 1.29 is 4.79 Å². The summed E-state index contributed by atoms with van der Waals surface area (Å²) in [5.41, 5.74) is 1.59. The Hall–Kier alpha value is -1.32. The van der Waals surface area contributed by atoms with Crippen molar-refractivity contribution in [2.24, 2.45) is 0 Å². The summed E-state index contributed by atoms with van der Waals surface area (Å²) in [4.78, 5) is 11.3. The van der Waals surface area contributed by atoms with Crippen LogP contribution in [0.3, 0.4) is 0 Å². The highest BCUT2D eigenvalue weighted by Crippen LogP contribution is 2.06. The zero-order chi connectivity index (χ0) is 10.6. The van der Waals surface area contributed by atoms with Crippen LogP contribution in [0.25, 0.3) is 0 Å². The molecule has 14 heavy (non-hydrogen) atoms. The molecular formula is C10H17N3O. The Morgan fingerprint density at radius 2 is 2.21 bits per heavy atom. The van der Waals surface area contributed by atoms with Crippen molar-refractivity contribution in [2.45, 2.75) is 33.7 Å². The van der Waals surface area contributed by atoms with Gasteiger partial charge in [-0.05, 0) is 19.4 Å². The molecule has 1 aromatic rings. The molecule has 4 heteroatoms. The lowest BCUT2D eigenvalue weighted by molar-refractivity contribution is 0.0950. The van der Waals surface area contributed by atoms with Gasteiger partial charge in [0.25, 0.3) is 5.91 Å². The van der Waals surface area contributed by atoms with Crippen LogP contribution in [0, 0.1) is 6.92 Å². The van der Waals surface area contributed by atoms with Crippen molar-refractivity contribution in [3.8, 4) is 0 Å². The van der Waals surface area contributed by atoms with Crippen LogP contribution in [0.2, 0.25) is 0 Å². The van der Waals surface area contributed by atoms with Crippen molar-refractivity contribution >= 4 is 5.91 Å². The van der Waals surface area contributed by atoms with E-state index in [-0.39, 0.29) is 5.91 Å². The van der Waals surface area contributed by atoms with Gasteiger partial charge in [-0.3, -0.25) is 9.48 Å². The van der Waals surface area contributed by atoms with E-state index < -0.39 is 0 Å². The van der Waals surface area contributed by atoms with Gasteiger partial charge in [-0.2, -0.15) is 5.10 Å². The molecule has 0 spiro atoms. The van der Waals surface area contributed by atoms with E-state index in [4.69, 9.17) is 0 Å². The van der Waals surface area contributed by atoms with Crippen LogP contribution in [-0.4, -0.2) is 22.2 Å². The van der Waals surface area contributed by atoms with E-state index in [0.29, 0.717) is 5.69 Å². The molecule has 1 aliphatic heterocycles.